The van der Waals surface area contributed by atoms with Crippen molar-refractivity contribution in [2.45, 2.75) is 19.3 Å². The Labute approximate surface area is 226 Å². The quantitative estimate of drug-likeness (QED) is 0.171. The topological polar surface area (TPSA) is 112 Å². The van der Waals surface area contributed by atoms with Crippen LogP contribution in [-0.2, 0) is 17.6 Å². The number of hydrogen-bond donors (Lipinski definition) is 4. The first kappa shape index (κ1) is 26.8. The van der Waals surface area contributed by atoms with Gasteiger partial charge in [0, 0.05) is 49.2 Å². The van der Waals surface area contributed by atoms with Crippen molar-refractivity contribution < 1.29 is 32.9 Å². The van der Waals surface area contributed by atoms with Gasteiger partial charge in [-0.1, -0.05) is 24.3 Å². The van der Waals surface area contributed by atoms with Crippen LogP contribution in [0.5, 0.6) is 11.5 Å². The number of nitrogens with one attached hydrogen (secondary N) is 2. The Morgan fingerprint density at radius 3 is 2.65 bits per heavy atom. The van der Waals surface area contributed by atoms with E-state index in [4.69, 9.17) is 9.84 Å². The number of aromatic nitrogens is 3. The Bertz CT molecular complexity index is 1680. The lowest BCUT2D eigenvalue weighted by molar-refractivity contribution is -0.136. The van der Waals surface area contributed by atoms with Crippen LogP contribution >= 0.6 is 0 Å². The van der Waals surface area contributed by atoms with E-state index in [1.54, 1.807) is 6.07 Å². The first-order valence-corrected chi connectivity index (χ1v) is 12.5. The molecule has 0 aliphatic rings. The monoisotopic (exact) mass is 550 g/mol. The summed E-state index contributed by atoms with van der Waals surface area (Å²) in [4.78, 5) is 13.7. The van der Waals surface area contributed by atoms with Crippen molar-refractivity contribution >= 4 is 22.7 Å². The highest BCUT2D eigenvalue weighted by atomic mass is 19.1. The summed E-state index contributed by atoms with van der Waals surface area (Å²) >= 11 is 0. The van der Waals surface area contributed by atoms with Gasteiger partial charge in [0.1, 0.15) is 23.1 Å². The number of aliphatic carboxylic acids is 1. The Morgan fingerprint density at radius 2 is 1.85 bits per heavy atom. The number of aryl methyl sites for hydroxylation is 1. The van der Waals surface area contributed by atoms with Crippen LogP contribution in [0.2, 0.25) is 0 Å². The third kappa shape index (κ3) is 5.79. The van der Waals surface area contributed by atoms with Gasteiger partial charge in [0.15, 0.2) is 17.4 Å². The van der Waals surface area contributed by atoms with E-state index >= 15 is 4.39 Å². The van der Waals surface area contributed by atoms with Crippen LogP contribution in [0.15, 0.2) is 66.9 Å². The Balaban J connectivity index is 1.46. The summed E-state index contributed by atoms with van der Waals surface area (Å²) in [5.41, 5.74) is 2.55. The van der Waals surface area contributed by atoms with Crippen LogP contribution < -0.4 is 10.1 Å². The Kier molecular flexibility index (Phi) is 7.74. The lowest BCUT2D eigenvalue weighted by Gasteiger charge is -2.13. The summed E-state index contributed by atoms with van der Waals surface area (Å²) < 4.78 is 51.5. The molecule has 0 spiro atoms. The first-order chi connectivity index (χ1) is 19.3. The maximum atomic E-state index is 15.1. The molecule has 4 N–H and O–H groups in total. The number of ether oxygens (including phenoxy) is 1. The molecular formula is C29H25F3N4O4. The number of H-pyrrole nitrogens is 1. The van der Waals surface area contributed by atoms with Crippen LogP contribution in [0.4, 0.5) is 19.0 Å². The third-order valence-corrected chi connectivity index (χ3v) is 6.25. The number of hydrogen-bond acceptors (Lipinski definition) is 5. The van der Waals surface area contributed by atoms with E-state index in [-0.39, 0.29) is 41.9 Å². The maximum absolute atomic E-state index is 15.1. The smallest absolute Gasteiger partial charge is 0.303 e. The molecule has 5 rings (SSSR count). The number of carboxylic acids is 1. The zero-order valence-electron chi connectivity index (χ0n) is 21.1. The van der Waals surface area contributed by atoms with Gasteiger partial charge < -0.3 is 25.3 Å². The molecule has 0 bridgehead atoms. The molecule has 0 fully saturated rings. The molecule has 0 unspecified atom stereocenters. The third-order valence-electron chi connectivity index (χ3n) is 6.25. The van der Waals surface area contributed by atoms with E-state index in [9.17, 15) is 18.7 Å². The van der Waals surface area contributed by atoms with Crippen LogP contribution in [0.3, 0.4) is 0 Å². The lowest BCUT2D eigenvalue weighted by atomic mass is 10.0. The average Bonchev–Trinajstić information content (AvgIpc) is 3.56. The number of benzene rings is 3. The van der Waals surface area contributed by atoms with Crippen LogP contribution in [0, 0.1) is 17.5 Å². The average molecular weight is 551 g/mol. The minimum Gasteiger partial charge on any atom is -0.481 e. The van der Waals surface area contributed by atoms with Gasteiger partial charge in [0.25, 0.3) is 0 Å². The number of aromatic amines is 1. The number of aliphatic hydroxyl groups is 1. The Hall–Kier alpha value is -4.77. The molecule has 3 aromatic carbocycles. The number of rotatable bonds is 11. The molecule has 40 heavy (non-hydrogen) atoms. The summed E-state index contributed by atoms with van der Waals surface area (Å²) in [5, 5.41) is 26.0. The van der Waals surface area contributed by atoms with Gasteiger partial charge in [0.05, 0.1) is 17.8 Å². The molecule has 2 heterocycles. The van der Waals surface area contributed by atoms with Gasteiger partial charge in [-0.15, -0.1) is 0 Å². The van der Waals surface area contributed by atoms with Gasteiger partial charge in [0.2, 0.25) is 0 Å². The normalized spacial score (nSPS) is 11.2. The highest BCUT2D eigenvalue weighted by Gasteiger charge is 2.19. The van der Waals surface area contributed by atoms with E-state index in [1.165, 1.54) is 29.1 Å². The molecule has 0 saturated heterocycles. The maximum Gasteiger partial charge on any atom is 0.303 e. The van der Waals surface area contributed by atoms with E-state index in [2.05, 4.69) is 15.4 Å². The minimum atomic E-state index is -0.921. The number of anilines is 1. The van der Waals surface area contributed by atoms with Gasteiger partial charge in [-0.3, -0.25) is 4.79 Å². The van der Waals surface area contributed by atoms with Crippen LogP contribution in [0.25, 0.3) is 16.6 Å². The molecule has 0 aliphatic carbocycles. The predicted molar refractivity (Wildman–Crippen MR) is 143 cm³/mol. The van der Waals surface area contributed by atoms with Crippen molar-refractivity contribution in [1.29, 1.82) is 0 Å². The molecular weight excluding hydrogens is 525 g/mol. The van der Waals surface area contributed by atoms with E-state index in [0.29, 0.717) is 24.4 Å². The molecule has 0 amide bonds. The SMILES string of the molecule is O=C(O)CCc1cccc(Cc2cc(NCCO)n(-c3cc(Oc4c(F)cc5[nH]ccc5c4F)ccc3F)n2)c1. The number of fused-ring (bicyclic) bond motifs is 1. The van der Waals surface area contributed by atoms with Crippen molar-refractivity contribution in [3.05, 3.63) is 101 Å². The standard InChI is InChI=1S/C29H25F3N4O4/c30-22-6-5-20(40-29-23(31)16-24-21(28(29)32)8-9-33-24)15-25(22)36-26(34-10-11-37)14-19(35-36)13-18-3-1-2-17(12-18)4-7-27(38)39/h1-3,5-6,8-9,12,14-16,33-34,37H,4,7,10-11,13H2,(H,38,39). The van der Waals surface area contributed by atoms with Gasteiger partial charge >= 0.3 is 5.97 Å². The molecule has 5 aromatic rings. The molecule has 0 radical (unpaired) electrons. The number of halogens is 3. The number of carbonyl (C=O) groups is 1. The second kappa shape index (κ2) is 11.5. The summed E-state index contributed by atoms with van der Waals surface area (Å²) in [6, 6.07) is 15.4. The molecule has 8 nitrogen and oxygen atoms in total. The molecule has 0 atom stereocenters. The fourth-order valence-corrected chi connectivity index (χ4v) is 4.41. The molecule has 206 valence electrons. The second-order valence-corrected chi connectivity index (χ2v) is 9.13. The number of nitrogens with zero attached hydrogens (tertiary/aromatic N) is 2. The van der Waals surface area contributed by atoms with Crippen molar-refractivity contribution in [2.75, 3.05) is 18.5 Å². The highest BCUT2D eigenvalue weighted by molar-refractivity contribution is 5.82. The number of aliphatic hydroxyl groups excluding tert-OH is 1. The van der Waals surface area contributed by atoms with Gasteiger partial charge in [-0.05, 0) is 35.7 Å². The fourth-order valence-electron chi connectivity index (χ4n) is 4.41. The zero-order valence-corrected chi connectivity index (χ0v) is 21.1. The molecule has 11 heteroatoms. The van der Waals surface area contributed by atoms with E-state index in [0.717, 1.165) is 23.3 Å². The van der Waals surface area contributed by atoms with Crippen molar-refractivity contribution in [3.8, 4) is 17.2 Å². The lowest BCUT2D eigenvalue weighted by Crippen LogP contribution is -2.11. The van der Waals surface area contributed by atoms with Crippen LogP contribution in [0.1, 0.15) is 23.2 Å². The van der Waals surface area contributed by atoms with Crippen molar-refractivity contribution in [1.82, 2.24) is 14.8 Å². The summed E-state index contributed by atoms with van der Waals surface area (Å²) in [6.45, 7) is -0.0152. The molecule has 0 aliphatic heterocycles. The first-order valence-electron chi connectivity index (χ1n) is 12.5. The summed E-state index contributed by atoms with van der Waals surface area (Å²) in [6.07, 6.45) is 2.25. The Morgan fingerprint density at radius 1 is 1.02 bits per heavy atom. The van der Waals surface area contributed by atoms with Crippen LogP contribution in [-0.4, -0.2) is 44.1 Å². The minimum absolute atomic E-state index is 0.0117. The van der Waals surface area contributed by atoms with E-state index in [1.807, 2.05) is 24.3 Å². The summed E-state index contributed by atoms with van der Waals surface area (Å²) in [7, 11) is 0. The number of carboxylic acid groups (broad SMARTS) is 1. The van der Waals surface area contributed by atoms with Crippen molar-refractivity contribution in [3.63, 3.8) is 0 Å². The highest BCUT2D eigenvalue weighted by Crippen LogP contribution is 2.34. The van der Waals surface area contributed by atoms with Gasteiger partial charge in [-0.25, -0.2) is 17.9 Å². The zero-order chi connectivity index (χ0) is 28.2. The largest absolute Gasteiger partial charge is 0.481 e. The van der Waals surface area contributed by atoms with Gasteiger partial charge in [-0.2, -0.15) is 5.10 Å². The molecule has 0 saturated carbocycles. The fraction of sp³-hybridized carbons (Fsp3) is 0.172. The van der Waals surface area contributed by atoms with Crippen molar-refractivity contribution in [2.24, 2.45) is 0 Å². The summed E-state index contributed by atoms with van der Waals surface area (Å²) in [5.74, 6) is -3.60. The molecule has 2 aromatic heterocycles. The predicted octanol–water partition coefficient (Wildman–Crippen LogP) is 5.58. The van der Waals surface area contributed by atoms with E-state index < -0.39 is 29.2 Å². The second-order valence-electron chi connectivity index (χ2n) is 9.13.